The molecule has 0 spiro atoms. The average molecular weight is 443 g/mol. The van der Waals surface area contributed by atoms with Crippen LogP contribution in [0.3, 0.4) is 0 Å². The van der Waals surface area contributed by atoms with Crippen LogP contribution in [0.4, 0.5) is 8.78 Å². The fraction of sp³-hybridized carbons (Fsp3) is 0.222. The van der Waals surface area contributed by atoms with Gasteiger partial charge in [0, 0.05) is 54.9 Å². The Morgan fingerprint density at radius 3 is 2.55 bits per heavy atom. The third-order valence-electron chi connectivity index (χ3n) is 6.50. The van der Waals surface area contributed by atoms with Gasteiger partial charge in [-0.1, -0.05) is 24.3 Å². The second-order valence-corrected chi connectivity index (χ2v) is 8.68. The molecule has 0 unspecified atom stereocenters. The fourth-order valence-corrected chi connectivity index (χ4v) is 4.63. The normalized spacial score (nSPS) is 17.3. The summed E-state index contributed by atoms with van der Waals surface area (Å²) >= 11 is 0. The molecular formula is C27H24F2N4. The van der Waals surface area contributed by atoms with Crippen molar-refractivity contribution in [1.82, 2.24) is 14.8 Å². The first kappa shape index (κ1) is 21.3. The number of likely N-dealkylation sites (N-methyl/N-ethyl adjacent to an activating group) is 1. The molecule has 4 nitrogen and oxygen atoms in total. The summed E-state index contributed by atoms with van der Waals surface area (Å²) in [5.74, 6) is -0.497. The number of aromatic amines is 1. The van der Waals surface area contributed by atoms with Gasteiger partial charge in [0.1, 0.15) is 17.7 Å². The zero-order valence-corrected chi connectivity index (χ0v) is 18.4. The van der Waals surface area contributed by atoms with Gasteiger partial charge in [0.05, 0.1) is 5.56 Å². The lowest BCUT2D eigenvalue weighted by molar-refractivity contribution is 0.0824. The predicted octanol–water partition coefficient (Wildman–Crippen LogP) is 5.47. The van der Waals surface area contributed by atoms with Gasteiger partial charge in [-0.2, -0.15) is 5.26 Å². The van der Waals surface area contributed by atoms with Crippen LogP contribution in [-0.4, -0.2) is 41.5 Å². The van der Waals surface area contributed by atoms with Crippen molar-refractivity contribution in [2.75, 3.05) is 26.7 Å². The molecule has 0 aliphatic carbocycles. The van der Waals surface area contributed by atoms with Crippen LogP contribution in [0.2, 0.25) is 0 Å². The number of aromatic nitrogens is 1. The first-order chi connectivity index (χ1) is 16.0. The van der Waals surface area contributed by atoms with Crippen molar-refractivity contribution in [3.63, 3.8) is 0 Å². The number of hydrogen-bond acceptors (Lipinski definition) is 3. The number of benzene rings is 3. The maximum Gasteiger partial charge on any atom is 0.127 e. The minimum absolute atomic E-state index is 0.0572. The topological polar surface area (TPSA) is 46.1 Å². The Hall–Kier alpha value is -3.53. The van der Waals surface area contributed by atoms with Crippen molar-refractivity contribution >= 4 is 10.9 Å². The molecule has 33 heavy (non-hydrogen) atoms. The van der Waals surface area contributed by atoms with Crippen LogP contribution in [-0.2, 0) is 6.54 Å². The van der Waals surface area contributed by atoms with E-state index >= 15 is 0 Å². The van der Waals surface area contributed by atoms with Crippen LogP contribution in [0.25, 0.3) is 22.0 Å². The summed E-state index contributed by atoms with van der Waals surface area (Å²) in [7, 11) is 2.07. The highest BCUT2D eigenvalue weighted by Crippen LogP contribution is 2.31. The molecule has 1 N–H and O–H groups in total. The number of nitrogens with zero attached hydrogens (tertiary/aromatic N) is 3. The van der Waals surface area contributed by atoms with Gasteiger partial charge in [-0.15, -0.1) is 0 Å². The molecule has 2 heterocycles. The Bertz CT molecular complexity index is 1340. The maximum absolute atomic E-state index is 14.9. The molecule has 5 rings (SSSR count). The van der Waals surface area contributed by atoms with Crippen molar-refractivity contribution in [3.8, 4) is 17.2 Å². The summed E-state index contributed by atoms with van der Waals surface area (Å²) in [6.07, 6.45) is 1.70. The quantitative estimate of drug-likeness (QED) is 0.456. The van der Waals surface area contributed by atoms with Gasteiger partial charge in [-0.3, -0.25) is 4.90 Å². The van der Waals surface area contributed by atoms with Gasteiger partial charge in [0.2, 0.25) is 0 Å². The van der Waals surface area contributed by atoms with Crippen molar-refractivity contribution in [2.45, 2.75) is 12.6 Å². The number of nitrogens with one attached hydrogen (secondary N) is 1. The number of H-pyrrole nitrogens is 1. The van der Waals surface area contributed by atoms with Crippen LogP contribution in [0.5, 0.6) is 0 Å². The highest BCUT2D eigenvalue weighted by atomic mass is 19.1. The van der Waals surface area contributed by atoms with E-state index in [-0.39, 0.29) is 17.7 Å². The van der Waals surface area contributed by atoms with Crippen LogP contribution in [0.15, 0.2) is 66.9 Å². The number of fused-ring (bicyclic) bond motifs is 1. The van der Waals surface area contributed by atoms with E-state index in [0.717, 1.165) is 47.2 Å². The lowest BCUT2D eigenvalue weighted by Crippen LogP contribution is -2.46. The van der Waals surface area contributed by atoms with E-state index in [0.29, 0.717) is 17.7 Å². The maximum atomic E-state index is 14.9. The van der Waals surface area contributed by atoms with Gasteiger partial charge < -0.3 is 9.88 Å². The third-order valence-corrected chi connectivity index (χ3v) is 6.50. The lowest BCUT2D eigenvalue weighted by Gasteiger charge is -2.40. The van der Waals surface area contributed by atoms with Crippen LogP contribution in [0, 0.1) is 23.0 Å². The smallest absolute Gasteiger partial charge is 0.127 e. The molecular weight excluding hydrogens is 418 g/mol. The molecule has 4 aromatic rings. The standard InChI is InChI=1S/C27H24F2N4/c1-32-10-11-33(27(17-32)18-2-6-23(28)7-3-18)16-21-12-19(4-8-25(21)29)20-5-9-26-24(13-20)22(14-30)15-31-26/h2-9,12-13,15,27,31H,10-11,16-17H2,1H3/t27-/m1/s1. The Kier molecular flexibility index (Phi) is 5.67. The second kappa shape index (κ2) is 8.78. The molecule has 1 saturated heterocycles. The zero-order chi connectivity index (χ0) is 22.9. The predicted molar refractivity (Wildman–Crippen MR) is 125 cm³/mol. The number of piperazine rings is 1. The first-order valence-corrected chi connectivity index (χ1v) is 11.0. The van der Waals surface area contributed by atoms with Crippen molar-refractivity contribution in [3.05, 3.63) is 95.2 Å². The van der Waals surface area contributed by atoms with E-state index in [4.69, 9.17) is 0 Å². The largest absolute Gasteiger partial charge is 0.360 e. The van der Waals surface area contributed by atoms with Crippen LogP contribution in [0.1, 0.15) is 22.7 Å². The molecule has 0 radical (unpaired) electrons. The summed E-state index contributed by atoms with van der Waals surface area (Å²) in [4.78, 5) is 7.61. The Balaban J connectivity index is 1.46. The minimum Gasteiger partial charge on any atom is -0.360 e. The van der Waals surface area contributed by atoms with E-state index < -0.39 is 0 Å². The van der Waals surface area contributed by atoms with E-state index in [1.807, 2.05) is 36.4 Å². The summed E-state index contributed by atoms with van der Waals surface area (Å²) in [5.41, 5.74) is 4.99. The SMILES string of the molecule is CN1CCN(Cc2cc(-c3ccc4[nH]cc(C#N)c4c3)ccc2F)[C@@H](c2ccc(F)cc2)C1. The van der Waals surface area contributed by atoms with Gasteiger partial charge in [-0.25, -0.2) is 8.78 Å². The number of nitriles is 1. The van der Waals surface area contributed by atoms with Crippen molar-refractivity contribution in [2.24, 2.45) is 0 Å². The zero-order valence-electron chi connectivity index (χ0n) is 18.4. The summed E-state index contributed by atoms with van der Waals surface area (Å²) in [6.45, 7) is 2.95. The molecule has 166 valence electrons. The molecule has 1 aromatic heterocycles. The second-order valence-electron chi connectivity index (χ2n) is 8.68. The van der Waals surface area contributed by atoms with Crippen molar-refractivity contribution in [1.29, 1.82) is 5.26 Å². The Morgan fingerprint density at radius 1 is 1.00 bits per heavy atom. The van der Waals surface area contributed by atoms with Gasteiger partial charge in [-0.05, 0) is 60.1 Å². The molecule has 0 bridgehead atoms. The van der Waals surface area contributed by atoms with E-state index in [1.54, 1.807) is 12.3 Å². The molecule has 0 amide bonds. The van der Waals surface area contributed by atoms with Gasteiger partial charge in [0.15, 0.2) is 0 Å². The van der Waals surface area contributed by atoms with E-state index in [2.05, 4.69) is 27.9 Å². The fourth-order valence-electron chi connectivity index (χ4n) is 4.63. The minimum atomic E-state index is -0.257. The Morgan fingerprint density at radius 2 is 1.76 bits per heavy atom. The summed E-state index contributed by atoms with van der Waals surface area (Å²) < 4.78 is 28.4. The molecule has 1 aliphatic rings. The number of rotatable bonds is 4. The third kappa shape index (κ3) is 4.25. The highest BCUT2D eigenvalue weighted by molar-refractivity contribution is 5.89. The number of hydrogen-bond donors (Lipinski definition) is 1. The van der Waals surface area contributed by atoms with E-state index in [9.17, 15) is 14.0 Å². The molecule has 3 aromatic carbocycles. The van der Waals surface area contributed by atoms with Gasteiger partial charge in [0.25, 0.3) is 0 Å². The van der Waals surface area contributed by atoms with Crippen molar-refractivity contribution < 1.29 is 8.78 Å². The first-order valence-electron chi connectivity index (χ1n) is 11.0. The average Bonchev–Trinajstić information content (AvgIpc) is 3.24. The van der Waals surface area contributed by atoms with E-state index in [1.165, 1.54) is 18.2 Å². The molecule has 1 fully saturated rings. The van der Waals surface area contributed by atoms with Gasteiger partial charge >= 0.3 is 0 Å². The summed E-state index contributed by atoms with van der Waals surface area (Å²) in [6, 6.07) is 19.9. The Labute approximate surface area is 191 Å². The monoisotopic (exact) mass is 442 g/mol. The molecule has 6 heteroatoms. The van der Waals surface area contributed by atoms with Crippen LogP contribution < -0.4 is 0 Å². The molecule has 0 saturated carbocycles. The summed E-state index contributed by atoms with van der Waals surface area (Å²) in [5, 5.41) is 10.2. The lowest BCUT2D eigenvalue weighted by atomic mass is 9.98. The highest BCUT2D eigenvalue weighted by Gasteiger charge is 2.27. The molecule has 1 atom stereocenters. The number of halogens is 2. The molecule has 1 aliphatic heterocycles. The van der Waals surface area contributed by atoms with Crippen LogP contribution >= 0.6 is 0 Å².